The van der Waals surface area contributed by atoms with Gasteiger partial charge in [-0.05, 0) is 118 Å². The van der Waals surface area contributed by atoms with Gasteiger partial charge in [0.05, 0.1) is 0 Å². The first-order chi connectivity index (χ1) is 36.1. The van der Waals surface area contributed by atoms with E-state index in [-0.39, 0.29) is 13.1 Å². The third kappa shape index (κ3) is 6.57. The zero-order chi connectivity index (χ0) is 48.1. The van der Waals surface area contributed by atoms with Crippen molar-refractivity contribution in [1.82, 2.24) is 0 Å². The molecule has 0 N–H and O–H groups in total. The van der Waals surface area contributed by atoms with Crippen molar-refractivity contribution >= 4 is 114 Å². The predicted molar refractivity (Wildman–Crippen MR) is 315 cm³/mol. The first-order valence-electron chi connectivity index (χ1n) is 25.2. The summed E-state index contributed by atoms with van der Waals surface area (Å²) in [7, 11) is 3.07. The Kier molecular flexibility index (Phi) is 9.62. The third-order valence-corrected chi connectivity index (χ3v) is 16.3. The van der Waals surface area contributed by atoms with E-state index < -0.39 is 0 Å². The highest BCUT2D eigenvalue weighted by atomic mass is 31.0. The molecule has 5 heteroatoms. The summed E-state index contributed by atoms with van der Waals surface area (Å²) in [5, 5.41) is 15.1. The van der Waals surface area contributed by atoms with Crippen LogP contribution in [0.5, 0.6) is 23.0 Å². The van der Waals surface area contributed by atoms with Gasteiger partial charge in [-0.2, -0.15) is 9.12 Å². The molecule has 2 heterocycles. The van der Waals surface area contributed by atoms with Gasteiger partial charge in [0.1, 0.15) is 23.0 Å². The normalized spacial score (nSPS) is 12.6. The van der Waals surface area contributed by atoms with E-state index in [1.165, 1.54) is 125 Å². The minimum absolute atomic E-state index is 0.0989. The minimum Gasteiger partial charge on any atom is -0.457 e. The fraction of sp³-hybridized carbons (Fsp3) is 0. The molecule has 0 bridgehead atoms. The van der Waals surface area contributed by atoms with Crippen molar-refractivity contribution in [2.45, 2.75) is 0 Å². The van der Waals surface area contributed by atoms with Crippen LogP contribution in [0.4, 0.5) is 0 Å². The van der Waals surface area contributed by atoms with Crippen LogP contribution in [0.2, 0.25) is 0 Å². The van der Waals surface area contributed by atoms with Crippen LogP contribution < -0.4 is 36.8 Å². The first-order valence-corrected chi connectivity index (χ1v) is 25.8. The molecule has 0 fully saturated rings. The number of hydrogen-bond donors (Lipinski definition) is 0. The molecular formula is C68H43B2O2P. The molecule has 16 rings (SSSR count). The third-order valence-electron chi connectivity index (χ3n) is 15.6. The van der Waals surface area contributed by atoms with Crippen molar-refractivity contribution in [1.29, 1.82) is 0 Å². The molecule has 0 saturated heterocycles. The summed E-state index contributed by atoms with van der Waals surface area (Å²) in [6, 6.07) is 89.6. The van der Waals surface area contributed by atoms with Gasteiger partial charge < -0.3 is 9.47 Å². The van der Waals surface area contributed by atoms with Gasteiger partial charge in [0.25, 0.3) is 0 Å². The quantitative estimate of drug-likeness (QED) is 0.0994. The van der Waals surface area contributed by atoms with Gasteiger partial charge in [-0.3, -0.25) is 0 Å². The molecule has 0 amide bonds. The van der Waals surface area contributed by atoms with Crippen molar-refractivity contribution in [3.8, 4) is 56.4 Å². The lowest BCUT2D eigenvalue weighted by atomic mass is 9.36. The largest absolute Gasteiger partial charge is 0.457 e. The Morgan fingerprint density at radius 3 is 1.40 bits per heavy atom. The van der Waals surface area contributed by atoms with Crippen LogP contribution in [-0.2, 0) is 0 Å². The van der Waals surface area contributed by atoms with Crippen molar-refractivity contribution in [3.63, 3.8) is 0 Å². The molecule has 1 atom stereocenters. The SMILES string of the molecule is PB1c2ccccc2Oc2cc3c(-c4ccccc4)cc(-c4ccccc4)c4ccc5ccc1c2c5c43.c1ccc(B2c3ccccc3Oc3cc4ccc(-c5ccccc5)c5ccc6ccc2c3c6c45)cc1. The van der Waals surface area contributed by atoms with Gasteiger partial charge in [0.15, 0.2) is 0 Å². The van der Waals surface area contributed by atoms with E-state index in [1.54, 1.807) is 0 Å². The second-order valence-electron chi connectivity index (χ2n) is 19.5. The topological polar surface area (TPSA) is 18.5 Å². The molecule has 0 aliphatic carbocycles. The summed E-state index contributed by atoms with van der Waals surface area (Å²) < 4.78 is 13.5. The lowest BCUT2D eigenvalue weighted by Crippen LogP contribution is -2.51. The van der Waals surface area contributed by atoms with Gasteiger partial charge >= 0.3 is 0 Å². The van der Waals surface area contributed by atoms with E-state index in [1.807, 2.05) is 0 Å². The fourth-order valence-electron chi connectivity index (χ4n) is 12.4. The lowest BCUT2D eigenvalue weighted by molar-refractivity contribution is 0.493. The second kappa shape index (κ2) is 16.7. The summed E-state index contributed by atoms with van der Waals surface area (Å²) in [6.45, 7) is 0.0989. The van der Waals surface area contributed by atoms with Crippen LogP contribution in [0.15, 0.2) is 249 Å². The molecule has 14 aromatic carbocycles. The molecule has 1 unspecified atom stereocenters. The minimum atomic E-state index is 0.0989. The maximum Gasteiger partial charge on any atom is 0.247 e. The highest BCUT2D eigenvalue weighted by molar-refractivity contribution is 7.68. The molecule has 2 nitrogen and oxygen atoms in total. The van der Waals surface area contributed by atoms with E-state index in [4.69, 9.17) is 9.47 Å². The Hall–Kier alpha value is -8.68. The fourth-order valence-corrected chi connectivity index (χ4v) is 12.9. The van der Waals surface area contributed by atoms with E-state index in [0.717, 1.165) is 23.0 Å². The monoisotopic (exact) mass is 944 g/mol. The van der Waals surface area contributed by atoms with Crippen LogP contribution in [0.3, 0.4) is 0 Å². The molecule has 0 saturated carbocycles. The Balaban J connectivity index is 0.000000130. The van der Waals surface area contributed by atoms with E-state index in [0.29, 0.717) is 0 Å². The van der Waals surface area contributed by atoms with Crippen molar-refractivity contribution in [3.05, 3.63) is 249 Å². The average Bonchev–Trinajstić information content (AvgIpc) is 3.68. The molecule has 73 heavy (non-hydrogen) atoms. The van der Waals surface area contributed by atoms with Gasteiger partial charge in [-0.15, -0.1) is 0 Å². The highest BCUT2D eigenvalue weighted by Gasteiger charge is 2.33. The van der Waals surface area contributed by atoms with Gasteiger partial charge in [0, 0.05) is 21.5 Å². The standard InChI is InChI=1S/C34H22BOP.C34H21BO/c37-35-28-13-7-8-14-30(28)36-31-20-27-26(22-11-5-2-6-12-22)19-25(21-9-3-1-4-10-21)24-17-15-23-16-18-29(35)34(31)32(23)33(24)27;1-3-9-22(10-4-1)26-18-16-24-21-31-34-29(20-17-23-15-19-27(26)32(24)33(23)34)35(25-11-5-2-6-12-25)28-13-7-8-14-30(28)36-31/h1-20H,37H2;1-21H. The Bertz CT molecular complexity index is 4450. The van der Waals surface area contributed by atoms with Crippen LogP contribution in [0.25, 0.3) is 98.0 Å². The van der Waals surface area contributed by atoms with Gasteiger partial charge in [-0.1, -0.05) is 235 Å². The van der Waals surface area contributed by atoms with Crippen molar-refractivity contribution < 1.29 is 9.47 Å². The Morgan fingerprint density at radius 2 is 0.740 bits per heavy atom. The van der Waals surface area contributed by atoms with Crippen LogP contribution in [-0.4, -0.2) is 13.1 Å². The van der Waals surface area contributed by atoms with Crippen molar-refractivity contribution in [2.24, 2.45) is 0 Å². The average molecular weight is 945 g/mol. The molecule has 338 valence electrons. The summed E-state index contributed by atoms with van der Waals surface area (Å²) in [6.07, 6.45) is 0.157. The van der Waals surface area contributed by atoms with Crippen LogP contribution >= 0.6 is 9.12 Å². The maximum atomic E-state index is 6.74. The molecule has 0 spiro atoms. The summed E-state index contributed by atoms with van der Waals surface area (Å²) >= 11 is 0. The predicted octanol–water partition coefficient (Wildman–Crippen LogP) is 14.9. The number of fused-ring (bicyclic) bond motifs is 2. The summed E-state index contributed by atoms with van der Waals surface area (Å²) in [5.74, 6) is 3.73. The number of hydrogen-bond acceptors (Lipinski definition) is 2. The first kappa shape index (κ1) is 42.0. The van der Waals surface area contributed by atoms with Gasteiger partial charge in [0.2, 0.25) is 13.1 Å². The smallest absolute Gasteiger partial charge is 0.247 e. The number of benzene rings is 14. The van der Waals surface area contributed by atoms with E-state index in [2.05, 4.69) is 258 Å². The Labute approximate surface area is 426 Å². The lowest BCUT2D eigenvalue weighted by Gasteiger charge is -2.21. The van der Waals surface area contributed by atoms with Crippen LogP contribution in [0.1, 0.15) is 0 Å². The number of para-hydroxylation sites is 2. The summed E-state index contributed by atoms with van der Waals surface area (Å²) in [4.78, 5) is 0. The molecule has 2 aliphatic heterocycles. The van der Waals surface area contributed by atoms with Gasteiger partial charge in [-0.25, -0.2) is 0 Å². The molecule has 0 radical (unpaired) electrons. The summed E-state index contributed by atoms with van der Waals surface area (Å²) in [5.41, 5.74) is 13.7. The maximum absolute atomic E-state index is 6.74. The van der Waals surface area contributed by atoms with E-state index in [9.17, 15) is 0 Å². The molecule has 0 aromatic heterocycles. The highest BCUT2D eigenvalue weighted by Crippen LogP contribution is 2.49. The van der Waals surface area contributed by atoms with Crippen LogP contribution in [0, 0.1) is 0 Å². The second-order valence-corrected chi connectivity index (χ2v) is 20.2. The zero-order valence-corrected chi connectivity index (χ0v) is 40.9. The zero-order valence-electron chi connectivity index (χ0n) is 39.7. The molecule has 14 aromatic rings. The van der Waals surface area contributed by atoms with E-state index >= 15 is 0 Å². The number of rotatable bonds is 4. The molecular weight excluding hydrogens is 901 g/mol. The molecule has 2 aliphatic rings. The van der Waals surface area contributed by atoms with Crippen molar-refractivity contribution in [2.75, 3.05) is 0 Å². The Morgan fingerprint density at radius 1 is 0.274 bits per heavy atom. The number of ether oxygens (including phenoxy) is 2.